The Morgan fingerprint density at radius 2 is 2.11 bits per heavy atom. The topological polar surface area (TPSA) is 34.1 Å². The van der Waals surface area contributed by atoms with Gasteiger partial charge < -0.3 is 10.1 Å². The van der Waals surface area contributed by atoms with Gasteiger partial charge in [0.2, 0.25) is 0 Å². The van der Waals surface area contributed by atoms with Crippen LogP contribution in [0.3, 0.4) is 0 Å². The molecule has 0 radical (unpaired) electrons. The molecule has 92 valence electrons. The van der Waals surface area contributed by atoms with Crippen molar-refractivity contribution in [1.82, 2.24) is 10.3 Å². The van der Waals surface area contributed by atoms with Crippen molar-refractivity contribution >= 4 is 0 Å². The Morgan fingerprint density at radius 3 is 3.00 bits per heavy atom. The Morgan fingerprint density at radius 1 is 1.22 bits per heavy atom. The number of benzene rings is 1. The third-order valence-corrected chi connectivity index (χ3v) is 3.18. The lowest BCUT2D eigenvalue weighted by molar-refractivity contribution is 0.310. The second-order valence-corrected chi connectivity index (χ2v) is 4.55. The first kappa shape index (κ1) is 11.2. The van der Waals surface area contributed by atoms with Gasteiger partial charge in [0.1, 0.15) is 12.4 Å². The second-order valence-electron chi connectivity index (χ2n) is 4.55. The van der Waals surface area contributed by atoms with E-state index in [9.17, 15) is 0 Å². The molecule has 1 aliphatic rings. The van der Waals surface area contributed by atoms with Crippen LogP contribution in [0, 0.1) is 6.92 Å². The number of hydrogen-bond acceptors (Lipinski definition) is 3. The fourth-order valence-corrected chi connectivity index (χ4v) is 2.26. The van der Waals surface area contributed by atoms with Gasteiger partial charge in [0.25, 0.3) is 0 Å². The highest BCUT2D eigenvalue weighted by atomic mass is 16.5. The van der Waals surface area contributed by atoms with E-state index >= 15 is 0 Å². The number of ether oxygens (including phenoxy) is 1. The number of pyridine rings is 1. The van der Waals surface area contributed by atoms with Gasteiger partial charge >= 0.3 is 0 Å². The van der Waals surface area contributed by atoms with Crippen LogP contribution in [0.1, 0.15) is 23.0 Å². The van der Waals surface area contributed by atoms with Gasteiger partial charge in [0.15, 0.2) is 0 Å². The maximum absolute atomic E-state index is 5.64. The molecule has 1 aromatic carbocycles. The van der Waals surface area contributed by atoms with Crippen molar-refractivity contribution in [2.45, 2.75) is 19.5 Å². The van der Waals surface area contributed by atoms with Crippen LogP contribution in [-0.2, 0) is 6.54 Å². The zero-order valence-electron chi connectivity index (χ0n) is 10.4. The lowest BCUT2D eigenvalue weighted by Gasteiger charge is -2.11. The van der Waals surface area contributed by atoms with E-state index in [1.165, 1.54) is 5.56 Å². The van der Waals surface area contributed by atoms with Crippen LogP contribution in [0.2, 0.25) is 0 Å². The van der Waals surface area contributed by atoms with Crippen molar-refractivity contribution in [3.63, 3.8) is 0 Å². The molecule has 18 heavy (non-hydrogen) atoms. The maximum Gasteiger partial charge on any atom is 0.124 e. The molecule has 1 aromatic heterocycles. The summed E-state index contributed by atoms with van der Waals surface area (Å²) >= 11 is 0. The van der Waals surface area contributed by atoms with Gasteiger partial charge in [-0.1, -0.05) is 24.3 Å². The first-order valence-corrected chi connectivity index (χ1v) is 6.20. The van der Waals surface area contributed by atoms with Crippen molar-refractivity contribution in [1.29, 1.82) is 0 Å². The summed E-state index contributed by atoms with van der Waals surface area (Å²) in [5, 5.41) is 3.49. The molecule has 0 spiro atoms. The molecule has 2 aromatic rings. The number of rotatable bonds is 3. The average molecular weight is 240 g/mol. The highest BCUT2D eigenvalue weighted by molar-refractivity contribution is 5.39. The predicted octanol–water partition coefficient (Wildman–Crippen LogP) is 2.61. The number of aryl methyl sites for hydroxylation is 1. The van der Waals surface area contributed by atoms with E-state index in [1.807, 2.05) is 43.3 Å². The zero-order valence-corrected chi connectivity index (χ0v) is 10.4. The van der Waals surface area contributed by atoms with Crippen LogP contribution in [0.4, 0.5) is 0 Å². The molecule has 2 heterocycles. The molecule has 3 rings (SSSR count). The summed E-state index contributed by atoms with van der Waals surface area (Å²) in [6.45, 7) is 3.48. The van der Waals surface area contributed by atoms with Gasteiger partial charge in [-0.15, -0.1) is 0 Å². The van der Waals surface area contributed by atoms with Crippen LogP contribution in [0.15, 0.2) is 42.5 Å². The van der Waals surface area contributed by atoms with Crippen molar-refractivity contribution in [2.24, 2.45) is 0 Å². The fourth-order valence-electron chi connectivity index (χ4n) is 2.26. The average Bonchev–Trinajstić information content (AvgIpc) is 2.80. The Kier molecular flexibility index (Phi) is 2.99. The minimum Gasteiger partial charge on any atom is -0.491 e. The van der Waals surface area contributed by atoms with Crippen LogP contribution in [-0.4, -0.2) is 11.6 Å². The van der Waals surface area contributed by atoms with Crippen molar-refractivity contribution in [3.8, 4) is 5.75 Å². The first-order chi connectivity index (χ1) is 8.83. The van der Waals surface area contributed by atoms with E-state index in [-0.39, 0.29) is 6.04 Å². The Hall–Kier alpha value is -1.87. The third kappa shape index (κ3) is 2.22. The SMILES string of the molecule is Cc1cccc(CNC2COc3ccccc32)n1. The standard InChI is InChI=1S/C15H16N2O/c1-11-5-4-6-12(17-11)9-16-14-10-18-15-8-3-2-7-13(14)15/h2-8,14,16H,9-10H2,1H3. The lowest BCUT2D eigenvalue weighted by atomic mass is 10.1. The highest BCUT2D eigenvalue weighted by Gasteiger charge is 2.22. The minimum atomic E-state index is 0.267. The number of nitrogens with zero attached hydrogens (tertiary/aromatic N) is 1. The summed E-state index contributed by atoms with van der Waals surface area (Å²) in [5.41, 5.74) is 3.36. The van der Waals surface area contributed by atoms with Crippen molar-refractivity contribution in [2.75, 3.05) is 6.61 Å². The molecule has 0 bridgehead atoms. The number of aromatic nitrogens is 1. The number of nitrogens with one attached hydrogen (secondary N) is 1. The van der Waals surface area contributed by atoms with Crippen LogP contribution >= 0.6 is 0 Å². The van der Waals surface area contributed by atoms with Crippen molar-refractivity contribution in [3.05, 3.63) is 59.4 Å². The molecule has 3 heteroatoms. The molecule has 0 amide bonds. The van der Waals surface area contributed by atoms with Crippen LogP contribution < -0.4 is 10.1 Å². The van der Waals surface area contributed by atoms with E-state index in [1.54, 1.807) is 0 Å². The third-order valence-electron chi connectivity index (χ3n) is 3.18. The van der Waals surface area contributed by atoms with E-state index < -0.39 is 0 Å². The molecule has 1 atom stereocenters. The van der Waals surface area contributed by atoms with Gasteiger partial charge in [-0.2, -0.15) is 0 Å². The second kappa shape index (κ2) is 4.78. The molecule has 1 aliphatic heterocycles. The van der Waals surface area contributed by atoms with Crippen LogP contribution in [0.5, 0.6) is 5.75 Å². The predicted molar refractivity (Wildman–Crippen MR) is 70.5 cm³/mol. The zero-order chi connectivity index (χ0) is 12.4. The van der Waals surface area contributed by atoms with E-state index in [0.717, 1.165) is 23.7 Å². The largest absolute Gasteiger partial charge is 0.491 e. The van der Waals surface area contributed by atoms with Gasteiger partial charge in [0, 0.05) is 17.8 Å². The maximum atomic E-state index is 5.64. The number of hydrogen-bond donors (Lipinski definition) is 1. The fraction of sp³-hybridized carbons (Fsp3) is 0.267. The molecular formula is C15H16N2O. The van der Waals surface area contributed by atoms with Crippen molar-refractivity contribution < 1.29 is 4.74 Å². The number of para-hydroxylation sites is 1. The monoisotopic (exact) mass is 240 g/mol. The minimum absolute atomic E-state index is 0.267. The van der Waals surface area contributed by atoms with E-state index in [4.69, 9.17) is 4.74 Å². The van der Waals surface area contributed by atoms with Gasteiger partial charge in [0.05, 0.1) is 11.7 Å². The molecule has 0 saturated carbocycles. The molecule has 1 unspecified atom stereocenters. The Labute approximate surface area is 107 Å². The molecule has 0 saturated heterocycles. The molecule has 1 N–H and O–H groups in total. The summed E-state index contributed by atoms with van der Waals surface area (Å²) in [6, 6.07) is 14.5. The summed E-state index contributed by atoms with van der Waals surface area (Å²) in [5.74, 6) is 0.993. The molecule has 3 nitrogen and oxygen atoms in total. The lowest BCUT2D eigenvalue weighted by Crippen LogP contribution is -2.22. The van der Waals surface area contributed by atoms with Gasteiger partial charge in [-0.05, 0) is 25.1 Å². The smallest absolute Gasteiger partial charge is 0.124 e. The summed E-state index contributed by atoms with van der Waals surface area (Å²) < 4.78 is 5.64. The van der Waals surface area contributed by atoms with E-state index in [0.29, 0.717) is 6.61 Å². The molecule has 0 fully saturated rings. The first-order valence-electron chi connectivity index (χ1n) is 6.20. The summed E-state index contributed by atoms with van der Waals surface area (Å²) in [6.07, 6.45) is 0. The molecule has 0 aliphatic carbocycles. The normalized spacial score (nSPS) is 17.3. The summed E-state index contributed by atoms with van der Waals surface area (Å²) in [4.78, 5) is 4.49. The van der Waals surface area contributed by atoms with E-state index in [2.05, 4.69) is 16.4 Å². The highest BCUT2D eigenvalue weighted by Crippen LogP contribution is 2.31. The van der Waals surface area contributed by atoms with Crippen LogP contribution in [0.25, 0.3) is 0 Å². The van der Waals surface area contributed by atoms with Gasteiger partial charge in [-0.3, -0.25) is 4.98 Å². The number of fused-ring (bicyclic) bond motifs is 1. The Balaban J connectivity index is 1.69. The summed E-state index contributed by atoms with van der Waals surface area (Å²) in [7, 11) is 0. The Bertz CT molecular complexity index is 554. The quantitative estimate of drug-likeness (QED) is 0.895. The van der Waals surface area contributed by atoms with Gasteiger partial charge in [-0.25, -0.2) is 0 Å². The molecular weight excluding hydrogens is 224 g/mol.